The topological polar surface area (TPSA) is 111 Å². The van der Waals surface area contributed by atoms with E-state index in [-0.39, 0.29) is 29.0 Å². The molecule has 2 aromatic carbocycles. The van der Waals surface area contributed by atoms with Crippen molar-refractivity contribution < 1.29 is 14.3 Å². The van der Waals surface area contributed by atoms with Gasteiger partial charge in [-0.25, -0.2) is 9.78 Å². The Morgan fingerprint density at radius 3 is 2.42 bits per heavy atom. The minimum Gasteiger partial charge on any atom is -0.449 e. The first kappa shape index (κ1) is 24.0. The number of nitrogens with two attached hydrogens (primary N) is 1. The highest BCUT2D eigenvalue weighted by Crippen LogP contribution is 2.38. The quantitative estimate of drug-likeness (QED) is 0.448. The van der Waals surface area contributed by atoms with Crippen LogP contribution in [-0.2, 0) is 4.74 Å². The van der Waals surface area contributed by atoms with E-state index in [1.165, 1.54) is 6.07 Å². The highest BCUT2D eigenvalue weighted by Gasteiger charge is 2.27. The molecule has 0 aliphatic heterocycles. The molecule has 0 aliphatic rings. The molecule has 2 N–H and O–H groups in total. The van der Waals surface area contributed by atoms with Crippen LogP contribution in [0.1, 0.15) is 43.6 Å². The molecule has 0 saturated heterocycles. The molecule has 33 heavy (non-hydrogen) atoms. The summed E-state index contributed by atoms with van der Waals surface area (Å²) in [4.78, 5) is 19.4. The van der Waals surface area contributed by atoms with E-state index >= 15 is 0 Å². The average Bonchev–Trinajstić information content (AvgIpc) is 2.72. The maximum absolute atomic E-state index is 11.1. The number of aryl methyl sites for hydroxylation is 1. The number of aromatic nitrogens is 2. The highest BCUT2D eigenvalue weighted by molar-refractivity contribution is 6.29. The molecule has 0 aliphatic carbocycles. The lowest BCUT2D eigenvalue weighted by Crippen LogP contribution is -2.26. The van der Waals surface area contributed by atoms with E-state index in [2.05, 4.69) is 36.8 Å². The highest BCUT2D eigenvalue weighted by atomic mass is 35.5. The molecule has 0 saturated carbocycles. The van der Waals surface area contributed by atoms with Gasteiger partial charge in [0.2, 0.25) is 5.88 Å². The third-order valence-corrected chi connectivity index (χ3v) is 5.36. The van der Waals surface area contributed by atoms with Gasteiger partial charge in [0.25, 0.3) is 0 Å². The van der Waals surface area contributed by atoms with Crippen molar-refractivity contribution in [1.82, 2.24) is 9.97 Å². The third kappa shape index (κ3) is 6.21. The molecular weight excluding hydrogens is 440 g/mol. The van der Waals surface area contributed by atoms with Crippen LogP contribution in [0.5, 0.6) is 11.6 Å². The normalized spacial score (nSPS) is 12.0. The van der Waals surface area contributed by atoms with Gasteiger partial charge in [-0.15, -0.1) is 0 Å². The van der Waals surface area contributed by atoms with Crippen molar-refractivity contribution in [3.63, 3.8) is 0 Å². The summed E-state index contributed by atoms with van der Waals surface area (Å²) >= 11 is 6.04. The Hall–Kier alpha value is -3.63. The predicted molar refractivity (Wildman–Crippen MR) is 126 cm³/mol. The molecule has 8 heteroatoms. The van der Waals surface area contributed by atoms with Crippen molar-refractivity contribution in [3.05, 3.63) is 70.6 Å². The maximum atomic E-state index is 11.1. The van der Waals surface area contributed by atoms with Gasteiger partial charge in [0, 0.05) is 17.5 Å². The van der Waals surface area contributed by atoms with E-state index in [0.29, 0.717) is 17.1 Å². The molecule has 3 aromatic rings. The number of ether oxygens (including phenoxy) is 2. The van der Waals surface area contributed by atoms with Crippen LogP contribution in [0.2, 0.25) is 5.15 Å². The van der Waals surface area contributed by atoms with Gasteiger partial charge in [-0.3, -0.25) is 0 Å². The maximum Gasteiger partial charge on any atom is 0.404 e. The average molecular weight is 465 g/mol. The van der Waals surface area contributed by atoms with Gasteiger partial charge in [-0.2, -0.15) is 10.2 Å². The Labute approximate surface area is 198 Å². The second kappa shape index (κ2) is 9.88. The SMILES string of the molecule is Cc1nc(Cl)cc(Oc2cc(C#N)ccc2-c2ccc(C(COC(N)=O)C(C)(C)C)cc2)n1. The summed E-state index contributed by atoms with van der Waals surface area (Å²) in [5.41, 5.74) is 8.17. The van der Waals surface area contributed by atoms with E-state index in [9.17, 15) is 10.1 Å². The van der Waals surface area contributed by atoms with Crippen LogP contribution in [0.25, 0.3) is 11.1 Å². The smallest absolute Gasteiger partial charge is 0.404 e. The Balaban J connectivity index is 1.97. The number of hydrogen-bond acceptors (Lipinski definition) is 6. The van der Waals surface area contributed by atoms with Crippen LogP contribution in [0.3, 0.4) is 0 Å². The number of rotatable bonds is 6. The third-order valence-electron chi connectivity index (χ3n) is 5.17. The molecule has 0 radical (unpaired) electrons. The lowest BCUT2D eigenvalue weighted by molar-refractivity contribution is 0.126. The number of halogens is 1. The van der Waals surface area contributed by atoms with Crippen LogP contribution in [0.15, 0.2) is 48.5 Å². The number of nitrogens with zero attached hydrogens (tertiary/aromatic N) is 3. The van der Waals surface area contributed by atoms with Crippen molar-refractivity contribution in [3.8, 4) is 28.8 Å². The molecule has 1 amide bonds. The number of amides is 1. The van der Waals surface area contributed by atoms with E-state index in [0.717, 1.165) is 16.7 Å². The van der Waals surface area contributed by atoms with Gasteiger partial charge < -0.3 is 15.2 Å². The molecule has 0 bridgehead atoms. The minimum absolute atomic E-state index is 0.0399. The first-order valence-electron chi connectivity index (χ1n) is 10.3. The summed E-state index contributed by atoms with van der Waals surface area (Å²) in [6.07, 6.45) is -0.791. The summed E-state index contributed by atoms with van der Waals surface area (Å²) in [5.74, 6) is 1.20. The second-order valence-electron chi connectivity index (χ2n) is 8.67. The van der Waals surface area contributed by atoms with Crippen LogP contribution >= 0.6 is 11.6 Å². The van der Waals surface area contributed by atoms with Crippen LogP contribution < -0.4 is 10.5 Å². The largest absolute Gasteiger partial charge is 0.449 e. The van der Waals surface area contributed by atoms with E-state index in [1.807, 2.05) is 30.3 Å². The van der Waals surface area contributed by atoms with Gasteiger partial charge in [-0.05, 0) is 41.7 Å². The molecule has 0 fully saturated rings. The Bertz CT molecular complexity index is 1180. The Kier molecular flexibility index (Phi) is 7.19. The van der Waals surface area contributed by atoms with Gasteiger partial charge >= 0.3 is 6.09 Å². The molecule has 3 rings (SSSR count). The van der Waals surface area contributed by atoms with Crippen LogP contribution in [0.4, 0.5) is 4.79 Å². The number of hydrogen-bond donors (Lipinski definition) is 1. The minimum atomic E-state index is -0.791. The summed E-state index contributed by atoms with van der Waals surface area (Å²) in [5, 5.41) is 9.61. The molecule has 1 aromatic heterocycles. The number of carbonyl (C=O) groups is 1. The molecule has 1 heterocycles. The summed E-state index contributed by atoms with van der Waals surface area (Å²) in [7, 11) is 0. The Morgan fingerprint density at radius 2 is 1.85 bits per heavy atom. The zero-order chi connectivity index (χ0) is 24.2. The van der Waals surface area contributed by atoms with Crippen molar-refractivity contribution in [2.45, 2.75) is 33.6 Å². The molecule has 170 valence electrons. The van der Waals surface area contributed by atoms with Gasteiger partial charge in [0.15, 0.2) is 0 Å². The molecule has 1 unspecified atom stereocenters. The van der Waals surface area contributed by atoms with E-state index in [1.54, 1.807) is 19.1 Å². The van der Waals surface area contributed by atoms with E-state index < -0.39 is 6.09 Å². The predicted octanol–water partition coefficient (Wildman–Crippen LogP) is 5.99. The zero-order valence-corrected chi connectivity index (χ0v) is 19.7. The van der Waals surface area contributed by atoms with Crippen molar-refractivity contribution >= 4 is 17.7 Å². The zero-order valence-electron chi connectivity index (χ0n) is 18.9. The number of primary amides is 1. The lowest BCUT2D eigenvalue weighted by Gasteiger charge is -2.30. The lowest BCUT2D eigenvalue weighted by atomic mass is 9.76. The Morgan fingerprint density at radius 1 is 1.15 bits per heavy atom. The molecule has 0 spiro atoms. The standard InChI is InChI=1S/C25H25ClN4O3/c1-15-29-22(26)12-23(30-15)33-21-11-16(13-27)5-10-19(21)17-6-8-18(9-7-17)20(25(2,3)4)14-32-24(28)31/h5-12,20H,14H2,1-4H3,(H2,28,31). The molecular formula is C25H25ClN4O3. The fraction of sp³-hybridized carbons (Fsp3) is 0.280. The van der Waals surface area contributed by atoms with Crippen molar-refractivity contribution in [2.75, 3.05) is 6.61 Å². The van der Waals surface area contributed by atoms with Crippen LogP contribution in [-0.4, -0.2) is 22.7 Å². The molecule has 7 nitrogen and oxygen atoms in total. The number of nitriles is 1. The van der Waals surface area contributed by atoms with Crippen LogP contribution in [0, 0.1) is 23.7 Å². The summed E-state index contributed by atoms with van der Waals surface area (Å²) in [6.45, 7) is 8.15. The van der Waals surface area contributed by atoms with Gasteiger partial charge in [-0.1, -0.05) is 56.6 Å². The fourth-order valence-electron chi connectivity index (χ4n) is 3.49. The number of carbonyl (C=O) groups excluding carboxylic acids is 1. The molecule has 1 atom stereocenters. The van der Waals surface area contributed by atoms with Gasteiger partial charge in [0.1, 0.15) is 23.3 Å². The van der Waals surface area contributed by atoms with Crippen molar-refractivity contribution in [1.29, 1.82) is 5.26 Å². The summed E-state index contributed by atoms with van der Waals surface area (Å²) in [6, 6.07) is 16.8. The van der Waals surface area contributed by atoms with Gasteiger partial charge in [0.05, 0.1) is 11.6 Å². The van der Waals surface area contributed by atoms with Crippen molar-refractivity contribution in [2.24, 2.45) is 11.1 Å². The van der Waals surface area contributed by atoms with E-state index in [4.69, 9.17) is 26.8 Å². The summed E-state index contributed by atoms with van der Waals surface area (Å²) < 4.78 is 11.1. The second-order valence-corrected chi connectivity index (χ2v) is 9.06. The number of benzene rings is 2. The monoisotopic (exact) mass is 464 g/mol. The fourth-order valence-corrected chi connectivity index (χ4v) is 3.71. The first-order chi connectivity index (χ1) is 15.6. The first-order valence-corrected chi connectivity index (χ1v) is 10.7.